The van der Waals surface area contributed by atoms with Crippen LogP contribution in [0.5, 0.6) is 17.2 Å². The van der Waals surface area contributed by atoms with Crippen LogP contribution in [0.25, 0.3) is 11.5 Å². The Morgan fingerprint density at radius 2 is 1.64 bits per heavy atom. The van der Waals surface area contributed by atoms with Gasteiger partial charge in [0.25, 0.3) is 0 Å². The summed E-state index contributed by atoms with van der Waals surface area (Å²) >= 11 is 0. The van der Waals surface area contributed by atoms with Crippen molar-refractivity contribution in [3.05, 3.63) is 59.5 Å². The van der Waals surface area contributed by atoms with Crippen LogP contribution in [0.2, 0.25) is 0 Å². The van der Waals surface area contributed by atoms with Gasteiger partial charge in [-0.1, -0.05) is 17.7 Å². The van der Waals surface area contributed by atoms with Gasteiger partial charge in [0.2, 0.25) is 5.89 Å². The second-order valence-corrected chi connectivity index (χ2v) is 7.08. The van der Waals surface area contributed by atoms with E-state index in [1.165, 1.54) is 5.56 Å². The standard InChI is InChI=1S/C24H30N4O4.HI/c1-6-25-24(26-13-18-11-21(30-4)22(31-5)12-20(18)29-3)27-14-19-15-32-23(28-19)17-9-7-16(2)8-10-17;/h7-12,15H,6,13-14H2,1-5H3,(H2,25,26,27);1H. The number of hydrogen-bond donors (Lipinski definition) is 2. The maximum Gasteiger partial charge on any atom is 0.226 e. The highest BCUT2D eigenvalue weighted by molar-refractivity contribution is 14.0. The summed E-state index contributed by atoms with van der Waals surface area (Å²) in [6, 6.07) is 11.7. The van der Waals surface area contributed by atoms with Crippen LogP contribution in [-0.4, -0.2) is 38.8 Å². The summed E-state index contributed by atoms with van der Waals surface area (Å²) in [5.41, 5.74) is 3.81. The molecule has 0 radical (unpaired) electrons. The number of oxazole rings is 1. The van der Waals surface area contributed by atoms with Gasteiger partial charge in [0.15, 0.2) is 17.5 Å². The lowest BCUT2D eigenvalue weighted by Gasteiger charge is -2.14. The number of aromatic nitrogens is 1. The van der Waals surface area contributed by atoms with Gasteiger partial charge in [-0.3, -0.25) is 0 Å². The molecule has 0 aliphatic heterocycles. The normalized spacial score (nSPS) is 10.9. The van der Waals surface area contributed by atoms with Crippen LogP contribution in [0.15, 0.2) is 52.1 Å². The van der Waals surface area contributed by atoms with Gasteiger partial charge in [-0.2, -0.15) is 0 Å². The minimum absolute atomic E-state index is 0. The lowest BCUT2D eigenvalue weighted by atomic mass is 10.1. The molecule has 2 N–H and O–H groups in total. The zero-order valence-corrected chi connectivity index (χ0v) is 21.9. The van der Waals surface area contributed by atoms with Crippen LogP contribution in [-0.2, 0) is 13.1 Å². The zero-order valence-electron chi connectivity index (χ0n) is 19.6. The number of rotatable bonds is 9. The first-order valence-corrected chi connectivity index (χ1v) is 10.4. The van der Waals surface area contributed by atoms with Crippen molar-refractivity contribution in [2.75, 3.05) is 27.9 Å². The topological polar surface area (TPSA) is 90.1 Å². The second kappa shape index (κ2) is 12.9. The molecule has 2 aromatic carbocycles. The van der Waals surface area contributed by atoms with Gasteiger partial charge in [-0.05, 0) is 32.0 Å². The molecular formula is C24H31IN4O4. The first-order chi connectivity index (χ1) is 15.6. The number of ether oxygens (including phenoxy) is 3. The molecule has 0 amide bonds. The maximum atomic E-state index is 5.64. The Kier molecular flexibility index (Phi) is 10.3. The molecule has 0 spiro atoms. The quantitative estimate of drug-likeness (QED) is 0.223. The summed E-state index contributed by atoms with van der Waals surface area (Å²) in [6.45, 7) is 5.66. The molecule has 1 aromatic heterocycles. The Morgan fingerprint density at radius 1 is 0.970 bits per heavy atom. The average molecular weight is 566 g/mol. The van der Waals surface area contributed by atoms with Crippen molar-refractivity contribution in [1.82, 2.24) is 15.6 Å². The van der Waals surface area contributed by atoms with Crippen molar-refractivity contribution in [2.45, 2.75) is 26.9 Å². The van der Waals surface area contributed by atoms with Crippen LogP contribution < -0.4 is 24.8 Å². The lowest BCUT2D eigenvalue weighted by Crippen LogP contribution is -2.36. The van der Waals surface area contributed by atoms with Gasteiger partial charge in [-0.15, -0.1) is 24.0 Å². The monoisotopic (exact) mass is 566 g/mol. The third-order valence-corrected chi connectivity index (χ3v) is 4.83. The number of aryl methyl sites for hydroxylation is 1. The van der Waals surface area contributed by atoms with Crippen molar-refractivity contribution in [1.29, 1.82) is 0 Å². The molecule has 1 heterocycles. The highest BCUT2D eigenvalue weighted by Gasteiger charge is 2.12. The van der Waals surface area contributed by atoms with Crippen molar-refractivity contribution >= 4 is 29.9 Å². The number of nitrogens with zero attached hydrogens (tertiary/aromatic N) is 2. The Labute approximate surface area is 211 Å². The molecule has 3 rings (SSSR count). The van der Waals surface area contributed by atoms with Crippen molar-refractivity contribution in [2.24, 2.45) is 4.99 Å². The molecular weight excluding hydrogens is 535 g/mol. The summed E-state index contributed by atoms with van der Waals surface area (Å²) in [5, 5.41) is 6.53. The Morgan fingerprint density at radius 3 is 2.27 bits per heavy atom. The molecule has 0 atom stereocenters. The molecule has 0 saturated heterocycles. The molecule has 0 bridgehead atoms. The number of hydrogen-bond acceptors (Lipinski definition) is 6. The van der Waals surface area contributed by atoms with Crippen molar-refractivity contribution in [3.63, 3.8) is 0 Å². The molecule has 178 valence electrons. The third-order valence-electron chi connectivity index (χ3n) is 4.83. The number of halogens is 1. The van der Waals surface area contributed by atoms with Crippen LogP contribution in [0.4, 0.5) is 0 Å². The first-order valence-electron chi connectivity index (χ1n) is 10.4. The Bertz CT molecular complexity index is 1050. The molecule has 0 saturated carbocycles. The fraction of sp³-hybridized carbons (Fsp3) is 0.333. The zero-order chi connectivity index (χ0) is 22.9. The van der Waals surface area contributed by atoms with E-state index in [0.717, 1.165) is 23.4 Å². The number of methoxy groups -OCH3 is 3. The van der Waals surface area contributed by atoms with Gasteiger partial charge in [-0.25, -0.2) is 9.98 Å². The fourth-order valence-corrected chi connectivity index (χ4v) is 3.11. The van der Waals surface area contributed by atoms with E-state index >= 15 is 0 Å². The average Bonchev–Trinajstić information content (AvgIpc) is 3.29. The predicted octanol–water partition coefficient (Wildman–Crippen LogP) is 4.55. The van der Waals surface area contributed by atoms with E-state index in [-0.39, 0.29) is 24.0 Å². The maximum absolute atomic E-state index is 5.64. The summed E-state index contributed by atoms with van der Waals surface area (Å²) in [6.07, 6.45) is 1.66. The van der Waals surface area contributed by atoms with E-state index < -0.39 is 0 Å². The van der Waals surface area contributed by atoms with Crippen LogP contribution in [0.1, 0.15) is 23.7 Å². The Balaban J connectivity index is 0.00000385. The predicted molar refractivity (Wildman–Crippen MR) is 140 cm³/mol. The number of guanidine groups is 1. The van der Waals surface area contributed by atoms with Gasteiger partial charge >= 0.3 is 0 Å². The van der Waals surface area contributed by atoms with Gasteiger partial charge in [0.1, 0.15) is 12.0 Å². The minimum atomic E-state index is 0. The molecule has 0 unspecified atom stereocenters. The number of aliphatic imine (C=N–C) groups is 1. The highest BCUT2D eigenvalue weighted by atomic mass is 127. The number of benzene rings is 2. The Hall–Kier alpha value is -2.95. The van der Waals surface area contributed by atoms with E-state index in [1.807, 2.05) is 44.2 Å². The van der Waals surface area contributed by atoms with E-state index in [4.69, 9.17) is 18.6 Å². The summed E-state index contributed by atoms with van der Waals surface area (Å²) in [4.78, 5) is 9.24. The highest BCUT2D eigenvalue weighted by Crippen LogP contribution is 2.34. The van der Waals surface area contributed by atoms with E-state index in [1.54, 1.807) is 33.7 Å². The van der Waals surface area contributed by atoms with Crippen molar-refractivity contribution < 1.29 is 18.6 Å². The lowest BCUT2D eigenvalue weighted by molar-refractivity contribution is 0.347. The summed E-state index contributed by atoms with van der Waals surface area (Å²) < 4.78 is 21.9. The fourth-order valence-electron chi connectivity index (χ4n) is 3.11. The SMILES string of the molecule is CCNC(=NCc1cc(OC)c(OC)cc1OC)NCc1coc(-c2ccc(C)cc2)n1.I. The van der Waals surface area contributed by atoms with Gasteiger partial charge in [0.05, 0.1) is 40.1 Å². The molecule has 3 aromatic rings. The molecule has 33 heavy (non-hydrogen) atoms. The summed E-state index contributed by atoms with van der Waals surface area (Å²) in [5.74, 6) is 3.17. The molecule has 9 heteroatoms. The second-order valence-electron chi connectivity index (χ2n) is 7.08. The van der Waals surface area contributed by atoms with Crippen LogP contribution in [0, 0.1) is 6.92 Å². The molecule has 0 aliphatic rings. The number of nitrogens with one attached hydrogen (secondary N) is 2. The van der Waals surface area contributed by atoms with Crippen LogP contribution >= 0.6 is 24.0 Å². The molecule has 0 aliphatic carbocycles. The van der Waals surface area contributed by atoms with Gasteiger partial charge in [0, 0.05) is 23.7 Å². The first kappa shape index (κ1) is 26.3. The van der Waals surface area contributed by atoms with E-state index in [9.17, 15) is 0 Å². The smallest absolute Gasteiger partial charge is 0.226 e. The summed E-state index contributed by atoms with van der Waals surface area (Å²) in [7, 11) is 4.82. The van der Waals surface area contributed by atoms with Gasteiger partial charge < -0.3 is 29.3 Å². The van der Waals surface area contributed by atoms with E-state index in [2.05, 4.69) is 20.6 Å². The molecule has 0 fully saturated rings. The molecule has 8 nitrogen and oxygen atoms in total. The third kappa shape index (κ3) is 7.01. The van der Waals surface area contributed by atoms with E-state index in [0.29, 0.717) is 42.2 Å². The largest absolute Gasteiger partial charge is 0.496 e. The van der Waals surface area contributed by atoms with Crippen LogP contribution in [0.3, 0.4) is 0 Å². The van der Waals surface area contributed by atoms with Crippen molar-refractivity contribution in [3.8, 4) is 28.7 Å². The minimum Gasteiger partial charge on any atom is -0.496 e.